The molecule has 0 saturated carbocycles. The van der Waals surface area contributed by atoms with E-state index in [1.54, 1.807) is 42.7 Å². The fourth-order valence-corrected chi connectivity index (χ4v) is 9.14. The molecule has 2 heterocycles. The fourth-order valence-electron chi connectivity index (χ4n) is 9.14. The Hall–Kier alpha value is -8.66. The van der Waals surface area contributed by atoms with E-state index in [9.17, 15) is 0 Å². The quantitative estimate of drug-likeness (QED) is 0.159. The summed E-state index contributed by atoms with van der Waals surface area (Å²) in [5.41, 5.74) is 0.250. The van der Waals surface area contributed by atoms with E-state index in [1.807, 2.05) is 201 Å². The molecule has 14 aromatic carbocycles. The molecule has 18 heteroatoms. The Bertz CT molecular complexity index is 4050. The lowest BCUT2D eigenvalue weighted by Crippen LogP contribution is -2.29. The molecule has 0 spiro atoms. The zero-order chi connectivity index (χ0) is 115. The van der Waals surface area contributed by atoms with E-state index in [4.69, 9.17) is 47.4 Å². The summed E-state index contributed by atoms with van der Waals surface area (Å²) in [5.74, 6) is 2.33. The van der Waals surface area contributed by atoms with Gasteiger partial charge in [-0.25, -0.2) is 0 Å². The topological polar surface area (TPSA) is 92.3 Å². The van der Waals surface area contributed by atoms with Crippen molar-refractivity contribution in [2.45, 2.75) is 342 Å². The van der Waals surface area contributed by atoms with Gasteiger partial charge in [0.2, 0.25) is 11.6 Å². The first-order chi connectivity index (χ1) is 69.9. The molecule has 148 heavy (non-hydrogen) atoms. The molecular formula is C130H220O10Si8. The van der Waals surface area contributed by atoms with Crippen LogP contribution in [0, 0.1) is 0 Å². The Morgan fingerprint density at radius 2 is 0.243 bits per heavy atom. The number of hydrogen-bond donors (Lipinski definition) is 0. The third-order valence-corrected chi connectivity index (χ3v) is 21.2. The van der Waals surface area contributed by atoms with Crippen molar-refractivity contribution in [1.82, 2.24) is 0 Å². The van der Waals surface area contributed by atoms with Gasteiger partial charge in [0.15, 0.2) is 23.0 Å². The van der Waals surface area contributed by atoms with Crippen LogP contribution in [0.3, 0.4) is 0 Å². The van der Waals surface area contributed by atoms with Gasteiger partial charge in [0.05, 0.1) is 33.6 Å². The molecule has 0 fully saturated rings. The molecule has 832 valence electrons. The lowest BCUT2D eigenvalue weighted by molar-refractivity contribution is -0.0437. The highest BCUT2D eigenvalue weighted by Gasteiger charge is 2.32. The summed E-state index contributed by atoms with van der Waals surface area (Å²) in [5, 5.41) is 15.7. The first-order valence-corrected chi connectivity index (χ1v) is 67.9. The summed E-state index contributed by atoms with van der Waals surface area (Å²) >= 11 is 0. The zero-order valence-electron chi connectivity index (χ0n) is 103. The van der Waals surface area contributed by atoms with Crippen molar-refractivity contribution in [3.05, 3.63) is 340 Å². The average Bonchev–Trinajstić information content (AvgIpc) is 1.68. The molecular weight excluding hydrogens is 1950 g/mol. The van der Waals surface area contributed by atoms with E-state index < -0.39 is 11.6 Å². The smallest absolute Gasteiger partial charge is 0.246 e. The normalized spacial score (nSPS) is 11.1. The van der Waals surface area contributed by atoms with E-state index in [0.717, 1.165) is 23.0 Å². The second-order valence-electron chi connectivity index (χ2n) is 39.9. The highest BCUT2D eigenvalue weighted by molar-refractivity contribution is 6.09. The van der Waals surface area contributed by atoms with Crippen LogP contribution in [0.4, 0.5) is 0 Å². The molecule has 0 N–H and O–H groups in total. The molecule has 0 radical (unpaired) electrons. The summed E-state index contributed by atoms with van der Waals surface area (Å²) in [4.78, 5) is 0. The monoisotopic (exact) mass is 2170 g/mol. The van der Waals surface area contributed by atoms with Crippen LogP contribution < -0.4 is 18.9 Å². The number of fused-ring (bicyclic) bond motifs is 8. The van der Waals surface area contributed by atoms with Gasteiger partial charge in [0.25, 0.3) is 0 Å². The minimum absolute atomic E-state index is 0.0417. The van der Waals surface area contributed by atoms with Crippen molar-refractivity contribution in [3.63, 3.8) is 0 Å². The SMILES string of the molecule is CC1(C)Oc2ccccc2O1.CC1(C)Oc2ccccc2O1.CCC.CCC.CCC[SiH3].CCC[SiH3].CCC[SiH3].CC[SiH3].CC[SiH3].COC(C)(C)C.COC(C)(C)C.COC(C)(C)C.COC(C)(C)C.COC(C)(C)C.COC(C)(C)C.C[SiH3].C[SiH3].C[SiH3].c1ccc2ccccc2c1.c1ccc2ccccc2c1.c1ccc2ccccc2c1.c1ccc2ccccc2c1.c1ccc2ccccc2c1.c1ccc2ccccc2c1. The van der Waals surface area contributed by atoms with E-state index in [2.05, 4.69) is 373 Å². The molecule has 0 atom stereocenters. The van der Waals surface area contributed by atoms with Gasteiger partial charge in [-0.15, -0.1) is 0 Å². The van der Waals surface area contributed by atoms with Gasteiger partial charge in [0.1, 0.15) is 0 Å². The zero-order valence-corrected chi connectivity index (χ0v) is 119. The van der Waals surface area contributed by atoms with Gasteiger partial charge in [-0.05, 0) is 244 Å². The number of para-hydroxylation sites is 4. The van der Waals surface area contributed by atoms with Crippen molar-refractivity contribution < 1.29 is 47.4 Å². The minimum Gasteiger partial charge on any atom is -0.449 e. The van der Waals surface area contributed by atoms with Gasteiger partial charge < -0.3 is 47.4 Å². The maximum Gasteiger partial charge on any atom is 0.246 e. The molecule has 0 aromatic heterocycles. The van der Waals surface area contributed by atoms with Crippen LogP contribution in [-0.4, -0.2) is 170 Å². The van der Waals surface area contributed by atoms with Crippen molar-refractivity contribution in [2.24, 2.45) is 0 Å². The van der Waals surface area contributed by atoms with Crippen LogP contribution in [-0.2, 0) is 28.4 Å². The molecule has 14 aromatic rings. The predicted octanol–water partition coefficient (Wildman–Crippen LogP) is 31.2. The molecule has 10 nitrogen and oxygen atoms in total. The Morgan fingerprint density at radius 3 is 0.297 bits per heavy atom. The Kier molecular flexibility index (Phi) is 102. The number of benzene rings is 14. The molecule has 2 aliphatic heterocycles. The molecule has 0 aliphatic carbocycles. The lowest BCUT2D eigenvalue weighted by Gasteiger charge is -2.16. The Morgan fingerprint density at radius 1 is 0.182 bits per heavy atom. The van der Waals surface area contributed by atoms with Crippen LogP contribution in [0.15, 0.2) is 340 Å². The summed E-state index contributed by atoms with van der Waals surface area (Å²) in [6.45, 7) is 69.9. The van der Waals surface area contributed by atoms with Crippen LogP contribution in [0.25, 0.3) is 64.6 Å². The van der Waals surface area contributed by atoms with Gasteiger partial charge in [-0.3, -0.25) is 0 Å². The molecule has 0 unspecified atom stereocenters. The van der Waals surface area contributed by atoms with E-state index in [1.165, 1.54) is 209 Å². The van der Waals surface area contributed by atoms with E-state index in [0.29, 0.717) is 0 Å². The van der Waals surface area contributed by atoms with Crippen molar-refractivity contribution >= 4 is 147 Å². The minimum atomic E-state index is -0.496. The van der Waals surface area contributed by atoms with Crippen LogP contribution >= 0.6 is 0 Å². The van der Waals surface area contributed by atoms with Crippen LogP contribution in [0.5, 0.6) is 23.0 Å². The van der Waals surface area contributed by atoms with Gasteiger partial charge in [-0.1, -0.05) is 460 Å². The molecule has 0 bridgehead atoms. The maximum atomic E-state index is 5.47. The second kappa shape index (κ2) is 97.8. The van der Waals surface area contributed by atoms with Crippen molar-refractivity contribution in [1.29, 1.82) is 0 Å². The number of ether oxygens (including phenoxy) is 10. The number of rotatable bonds is 3. The fraction of sp³-hybridized carbons (Fsp3) is 0.446. The largest absolute Gasteiger partial charge is 0.449 e. The van der Waals surface area contributed by atoms with Crippen LogP contribution in [0.2, 0.25) is 49.9 Å². The molecule has 0 saturated heterocycles. The second-order valence-corrected chi connectivity index (χ2v) is 45.7. The standard InChI is InChI=1S/6C10H8.2C9H10O2.6C5H12O.3C3H10Si.2C3H8.2C2H8Si.3CH6Si/c6*1-2-6-10-8-4-3-7-9(10)5-1;2*1-9(2)10-7-5-3-4-6-8(7)11-9;6*1-5(2,3)6-4;3*1-2-3-4;2*1-3-2;2*1-2-3;3*1-2/h6*1-8H;2*3-6H,1-2H3;6*1-4H3;3*2-3H2,1,4H3;2*3H2,1-2H3;2*2H2,1,3H3;3*1-2H3. The third kappa shape index (κ3) is 96.9. The van der Waals surface area contributed by atoms with Gasteiger partial charge >= 0.3 is 0 Å². The van der Waals surface area contributed by atoms with Crippen LogP contribution in [0.1, 0.15) is 247 Å². The summed E-state index contributed by atoms with van der Waals surface area (Å²) in [6.07, 6.45) is 6.64. The van der Waals surface area contributed by atoms with Gasteiger partial charge in [-0.2, -0.15) is 0 Å². The summed E-state index contributed by atoms with van der Waals surface area (Å²) in [6, 6.07) is 123. The molecule has 16 rings (SSSR count). The highest BCUT2D eigenvalue weighted by atomic mass is 28.2. The highest BCUT2D eigenvalue weighted by Crippen LogP contribution is 2.39. The molecule has 2 aliphatic rings. The third-order valence-electron chi connectivity index (χ3n) is 18.2. The van der Waals surface area contributed by atoms with E-state index in [-0.39, 0.29) is 33.6 Å². The predicted molar refractivity (Wildman–Crippen MR) is 703 cm³/mol. The van der Waals surface area contributed by atoms with Crippen molar-refractivity contribution in [3.8, 4) is 23.0 Å². The number of hydrogen-bond acceptors (Lipinski definition) is 10. The summed E-state index contributed by atoms with van der Waals surface area (Å²) < 4.78 is 51.5. The first kappa shape index (κ1) is 155. The van der Waals surface area contributed by atoms with Crippen molar-refractivity contribution in [2.75, 3.05) is 42.7 Å². The van der Waals surface area contributed by atoms with Gasteiger partial charge in [0, 0.05) is 122 Å². The van der Waals surface area contributed by atoms with E-state index >= 15 is 0 Å². The average molecular weight is 2170 g/mol. The molecule has 0 amide bonds. The Balaban J connectivity index is -0.000000234. The Labute approximate surface area is 934 Å². The lowest BCUT2D eigenvalue weighted by atomic mass is 10.1. The first-order valence-electron chi connectivity index (χ1n) is 54.8. The summed E-state index contributed by atoms with van der Waals surface area (Å²) in [7, 11) is 21.1. The number of methoxy groups -OCH3 is 6. The maximum absolute atomic E-state index is 5.47.